The average molecular weight is 311 g/mol. The zero-order valence-electron chi connectivity index (χ0n) is 7.30. The smallest absolute Gasteiger partial charge is 0.0260 e. The number of hydrogen-bond donors (Lipinski definition) is 0. The second-order valence-corrected chi connectivity index (χ2v) is 4.71. The minimum Gasteiger partial charge on any atom is -0.0605 e. The Morgan fingerprint density at radius 1 is 0.929 bits per heavy atom. The topological polar surface area (TPSA) is 0 Å². The van der Waals surface area contributed by atoms with Crippen LogP contribution in [0.4, 0.5) is 0 Å². The van der Waals surface area contributed by atoms with Gasteiger partial charge in [0.2, 0.25) is 0 Å². The maximum atomic E-state index is 3.46. The lowest BCUT2D eigenvalue weighted by Gasteiger charge is -2.02. The largest absolute Gasteiger partial charge is 0.0605 e. The molecule has 2 rings (SSSR count). The molecule has 0 amide bonds. The predicted octanol–water partition coefficient (Wildman–Crippen LogP) is 4.68. The van der Waals surface area contributed by atoms with Crippen molar-refractivity contribution >= 4 is 31.9 Å². The summed E-state index contributed by atoms with van der Waals surface area (Å²) in [4.78, 5) is 0. The van der Waals surface area contributed by atoms with Gasteiger partial charge in [-0.1, -0.05) is 56.1 Å². The normalized spacial score (nSPS) is 10.1. The highest BCUT2D eigenvalue weighted by Crippen LogP contribution is 2.24. The fourth-order valence-corrected chi connectivity index (χ4v) is 2.06. The first-order chi connectivity index (χ1) is 6.75. The van der Waals surface area contributed by atoms with Crippen molar-refractivity contribution in [1.29, 1.82) is 0 Å². The summed E-state index contributed by atoms with van der Waals surface area (Å²) in [5, 5.41) is 0. The van der Waals surface area contributed by atoms with Gasteiger partial charge in [0.15, 0.2) is 0 Å². The Morgan fingerprint density at radius 3 is 2.43 bits per heavy atom. The molecule has 69 valence electrons. The van der Waals surface area contributed by atoms with Gasteiger partial charge >= 0.3 is 0 Å². The van der Waals surface area contributed by atoms with Crippen molar-refractivity contribution in [3.63, 3.8) is 0 Å². The van der Waals surface area contributed by atoms with Crippen LogP contribution in [0.15, 0.2) is 51.4 Å². The molecule has 0 aliphatic carbocycles. The van der Waals surface area contributed by atoms with Crippen LogP contribution in [0.3, 0.4) is 0 Å². The van der Waals surface area contributed by atoms with E-state index in [1.54, 1.807) is 0 Å². The van der Waals surface area contributed by atoms with E-state index in [0.717, 1.165) is 8.95 Å². The molecule has 0 unspecified atom stereocenters. The van der Waals surface area contributed by atoms with Crippen molar-refractivity contribution in [1.82, 2.24) is 0 Å². The van der Waals surface area contributed by atoms with Crippen molar-refractivity contribution in [2.45, 2.75) is 0 Å². The number of hydrogen-bond acceptors (Lipinski definition) is 0. The number of halogens is 2. The minimum atomic E-state index is 0.981. The summed E-state index contributed by atoms with van der Waals surface area (Å²) in [5.41, 5.74) is 2.39. The Bertz CT molecular complexity index is 406. The molecule has 0 nitrogen and oxygen atoms in total. The van der Waals surface area contributed by atoms with Crippen molar-refractivity contribution in [3.05, 3.63) is 57.5 Å². The van der Waals surface area contributed by atoms with Gasteiger partial charge < -0.3 is 0 Å². The number of benzene rings is 2. The van der Waals surface area contributed by atoms with Crippen molar-refractivity contribution < 1.29 is 0 Å². The van der Waals surface area contributed by atoms with Gasteiger partial charge in [-0.2, -0.15) is 0 Å². The third-order valence-electron chi connectivity index (χ3n) is 1.92. The monoisotopic (exact) mass is 309 g/mol. The molecule has 0 aliphatic rings. The first kappa shape index (κ1) is 9.94. The van der Waals surface area contributed by atoms with Gasteiger partial charge in [0.1, 0.15) is 0 Å². The van der Waals surface area contributed by atoms with Crippen LogP contribution in [0.1, 0.15) is 0 Å². The van der Waals surface area contributed by atoms with E-state index in [1.165, 1.54) is 11.1 Å². The summed E-state index contributed by atoms with van der Waals surface area (Å²) in [5.74, 6) is 0. The Labute approximate surface area is 100 Å². The fourth-order valence-electron chi connectivity index (χ4n) is 1.28. The Kier molecular flexibility index (Phi) is 3.04. The minimum absolute atomic E-state index is 0.981. The molecule has 2 aromatic rings. The van der Waals surface area contributed by atoms with Crippen LogP contribution in [0.2, 0.25) is 0 Å². The Hall–Kier alpha value is -0.600. The van der Waals surface area contributed by atoms with Crippen LogP contribution in [-0.4, -0.2) is 0 Å². The molecule has 2 aromatic carbocycles. The average Bonchev–Trinajstić information content (AvgIpc) is 2.18. The SMILES string of the molecule is Brc1[c]ccc(-c2cccc(Br)c2)c1. The van der Waals surface area contributed by atoms with E-state index in [4.69, 9.17) is 0 Å². The maximum Gasteiger partial charge on any atom is 0.0260 e. The summed E-state index contributed by atoms with van der Waals surface area (Å²) >= 11 is 6.87. The molecule has 0 bridgehead atoms. The first-order valence-electron chi connectivity index (χ1n) is 4.19. The molecular weight excluding hydrogens is 304 g/mol. The molecule has 0 saturated heterocycles. The maximum absolute atomic E-state index is 3.46. The lowest BCUT2D eigenvalue weighted by molar-refractivity contribution is 1.57. The molecule has 0 fully saturated rings. The zero-order valence-corrected chi connectivity index (χ0v) is 10.5. The summed E-state index contributed by atoms with van der Waals surface area (Å²) in [6.45, 7) is 0. The first-order valence-corrected chi connectivity index (χ1v) is 5.77. The molecule has 0 aromatic heterocycles. The van der Waals surface area contributed by atoms with Gasteiger partial charge in [-0.15, -0.1) is 0 Å². The van der Waals surface area contributed by atoms with Gasteiger partial charge in [0, 0.05) is 8.95 Å². The predicted molar refractivity (Wildman–Crippen MR) is 66.1 cm³/mol. The molecule has 0 atom stereocenters. The second kappa shape index (κ2) is 4.28. The Morgan fingerprint density at radius 2 is 1.71 bits per heavy atom. The van der Waals surface area contributed by atoms with Gasteiger partial charge in [0.05, 0.1) is 0 Å². The highest BCUT2D eigenvalue weighted by molar-refractivity contribution is 9.10. The van der Waals surface area contributed by atoms with E-state index in [1.807, 2.05) is 24.3 Å². The van der Waals surface area contributed by atoms with Crippen LogP contribution in [0, 0.1) is 6.07 Å². The lowest BCUT2D eigenvalue weighted by atomic mass is 10.1. The van der Waals surface area contributed by atoms with E-state index >= 15 is 0 Å². The van der Waals surface area contributed by atoms with Crippen LogP contribution in [0.5, 0.6) is 0 Å². The van der Waals surface area contributed by atoms with E-state index in [2.05, 4.69) is 56.1 Å². The van der Waals surface area contributed by atoms with Crippen molar-refractivity contribution in [2.24, 2.45) is 0 Å². The van der Waals surface area contributed by atoms with E-state index in [0.29, 0.717) is 0 Å². The molecule has 0 heterocycles. The summed E-state index contributed by atoms with van der Waals surface area (Å²) < 4.78 is 2.08. The highest BCUT2D eigenvalue weighted by atomic mass is 79.9. The van der Waals surface area contributed by atoms with Gasteiger partial charge in [-0.25, -0.2) is 0 Å². The van der Waals surface area contributed by atoms with E-state index < -0.39 is 0 Å². The van der Waals surface area contributed by atoms with Crippen LogP contribution in [-0.2, 0) is 0 Å². The number of rotatable bonds is 1. The third-order valence-corrected chi connectivity index (χ3v) is 2.88. The highest BCUT2D eigenvalue weighted by Gasteiger charge is 1.98. The van der Waals surface area contributed by atoms with E-state index in [-0.39, 0.29) is 0 Å². The lowest BCUT2D eigenvalue weighted by Crippen LogP contribution is -1.77. The molecule has 0 saturated carbocycles. The van der Waals surface area contributed by atoms with Crippen LogP contribution < -0.4 is 0 Å². The van der Waals surface area contributed by atoms with Crippen molar-refractivity contribution in [2.75, 3.05) is 0 Å². The molecule has 0 N–H and O–H groups in total. The molecule has 0 spiro atoms. The molecule has 1 radical (unpaired) electrons. The molecule has 0 aliphatic heterocycles. The summed E-state index contributed by atoms with van der Waals surface area (Å²) in [7, 11) is 0. The zero-order chi connectivity index (χ0) is 9.97. The quantitative estimate of drug-likeness (QED) is 0.717. The standard InChI is InChI=1S/C12H7Br2/c13-11-5-1-3-9(7-11)10-4-2-6-12(14)8-10/h1-5,7-8H. The van der Waals surface area contributed by atoms with Gasteiger partial charge in [-0.3, -0.25) is 0 Å². The third kappa shape index (κ3) is 2.25. The fraction of sp³-hybridized carbons (Fsp3) is 0. The molecule has 2 heteroatoms. The second-order valence-electron chi connectivity index (χ2n) is 2.94. The summed E-state index contributed by atoms with van der Waals surface area (Å²) in [6.07, 6.45) is 0. The van der Waals surface area contributed by atoms with Crippen LogP contribution >= 0.6 is 31.9 Å². The van der Waals surface area contributed by atoms with Gasteiger partial charge in [0.25, 0.3) is 0 Å². The van der Waals surface area contributed by atoms with E-state index in [9.17, 15) is 0 Å². The molecular formula is C12H7Br2. The Balaban J connectivity index is 2.49. The van der Waals surface area contributed by atoms with Crippen LogP contribution in [0.25, 0.3) is 11.1 Å². The summed E-state index contributed by atoms with van der Waals surface area (Å²) in [6, 6.07) is 17.3. The van der Waals surface area contributed by atoms with Gasteiger partial charge in [-0.05, 0) is 35.4 Å². The van der Waals surface area contributed by atoms with Crippen molar-refractivity contribution in [3.8, 4) is 11.1 Å². The molecule has 14 heavy (non-hydrogen) atoms.